The van der Waals surface area contributed by atoms with Gasteiger partial charge in [-0.1, -0.05) is 23.7 Å². The van der Waals surface area contributed by atoms with Gasteiger partial charge in [-0.2, -0.15) is 0 Å². The van der Waals surface area contributed by atoms with Crippen LogP contribution in [0.4, 0.5) is 10.1 Å². The Labute approximate surface area is 162 Å². The molecule has 0 spiro atoms. The summed E-state index contributed by atoms with van der Waals surface area (Å²) in [4.78, 5) is 34.2. The molecular formula is C19H11ClFNO6. The molecule has 0 amide bonds. The number of non-ortho nitro benzene ring substituents is 1. The molecule has 3 rings (SSSR count). The number of carbonyl (C=O) groups is 2. The van der Waals surface area contributed by atoms with E-state index in [-0.39, 0.29) is 27.8 Å². The molecule has 0 unspecified atom stereocenters. The highest BCUT2D eigenvalue weighted by Gasteiger charge is 2.18. The molecule has 0 radical (unpaired) electrons. The summed E-state index contributed by atoms with van der Waals surface area (Å²) in [5.74, 6) is -2.03. The van der Waals surface area contributed by atoms with Crippen LogP contribution in [0.5, 0.6) is 0 Å². The first-order chi connectivity index (χ1) is 13.3. The number of hydrogen-bond donors (Lipinski definition) is 0. The third kappa shape index (κ3) is 4.24. The average molecular weight is 404 g/mol. The highest BCUT2D eigenvalue weighted by Crippen LogP contribution is 2.32. The third-order valence-electron chi connectivity index (χ3n) is 3.72. The Morgan fingerprint density at radius 3 is 2.61 bits per heavy atom. The van der Waals surface area contributed by atoms with Crippen molar-refractivity contribution in [3.05, 3.63) is 86.9 Å². The molecule has 28 heavy (non-hydrogen) atoms. The van der Waals surface area contributed by atoms with E-state index < -0.39 is 29.1 Å². The molecule has 0 N–H and O–H groups in total. The van der Waals surface area contributed by atoms with Crippen molar-refractivity contribution >= 4 is 29.0 Å². The molecule has 0 fully saturated rings. The SMILES string of the molecule is O=C(COC(=O)c1ccc(-c2ccc([N+](=O)[O-])cc2Cl)o1)c1cccc(F)c1. The molecule has 0 aliphatic carbocycles. The number of nitro groups is 1. The van der Waals surface area contributed by atoms with Crippen LogP contribution in [0.25, 0.3) is 11.3 Å². The van der Waals surface area contributed by atoms with E-state index in [1.807, 2.05) is 0 Å². The summed E-state index contributed by atoms with van der Waals surface area (Å²) in [6, 6.07) is 11.6. The zero-order valence-electron chi connectivity index (χ0n) is 14.1. The number of furan rings is 1. The molecule has 1 aromatic heterocycles. The van der Waals surface area contributed by atoms with Crippen molar-refractivity contribution in [2.75, 3.05) is 6.61 Å². The minimum absolute atomic E-state index is 0.0738. The number of nitro benzene ring substituents is 1. The highest BCUT2D eigenvalue weighted by atomic mass is 35.5. The molecule has 142 valence electrons. The highest BCUT2D eigenvalue weighted by molar-refractivity contribution is 6.33. The van der Waals surface area contributed by atoms with Crippen molar-refractivity contribution in [2.45, 2.75) is 0 Å². The summed E-state index contributed by atoms with van der Waals surface area (Å²) in [5.41, 5.74) is 0.239. The van der Waals surface area contributed by atoms with Gasteiger partial charge in [0, 0.05) is 23.3 Å². The summed E-state index contributed by atoms with van der Waals surface area (Å²) in [5, 5.41) is 10.8. The van der Waals surface area contributed by atoms with Crippen LogP contribution in [0, 0.1) is 15.9 Å². The van der Waals surface area contributed by atoms with Crippen LogP contribution in [-0.2, 0) is 4.74 Å². The molecule has 0 saturated carbocycles. The fourth-order valence-corrected chi connectivity index (χ4v) is 2.63. The number of benzene rings is 2. The number of hydrogen-bond acceptors (Lipinski definition) is 6. The van der Waals surface area contributed by atoms with Gasteiger partial charge in [0.2, 0.25) is 5.76 Å². The zero-order valence-corrected chi connectivity index (χ0v) is 14.8. The van der Waals surface area contributed by atoms with E-state index in [2.05, 4.69) is 0 Å². The van der Waals surface area contributed by atoms with E-state index in [1.54, 1.807) is 0 Å². The van der Waals surface area contributed by atoms with Crippen LogP contribution in [0.2, 0.25) is 5.02 Å². The first kappa shape index (κ1) is 19.2. The predicted octanol–water partition coefficient (Wildman–Crippen LogP) is 4.69. The second kappa shape index (κ2) is 8.01. The average Bonchev–Trinajstić information content (AvgIpc) is 3.15. The standard InChI is InChI=1S/C19H11ClFNO6/c20-15-9-13(22(25)26)4-5-14(15)17-6-7-18(28-17)19(24)27-10-16(23)11-2-1-3-12(21)8-11/h1-9H,10H2. The van der Waals surface area contributed by atoms with Gasteiger partial charge in [0.25, 0.3) is 5.69 Å². The number of halogens is 2. The Bertz CT molecular complexity index is 1080. The van der Waals surface area contributed by atoms with Crippen LogP contribution < -0.4 is 0 Å². The second-order valence-electron chi connectivity index (χ2n) is 5.59. The van der Waals surface area contributed by atoms with Gasteiger partial charge in [0.05, 0.1) is 9.95 Å². The Kier molecular flexibility index (Phi) is 5.51. The molecule has 0 aliphatic rings. The first-order valence-electron chi connectivity index (χ1n) is 7.85. The molecule has 9 heteroatoms. The van der Waals surface area contributed by atoms with Gasteiger partial charge < -0.3 is 9.15 Å². The van der Waals surface area contributed by atoms with Crippen molar-refractivity contribution in [1.82, 2.24) is 0 Å². The first-order valence-corrected chi connectivity index (χ1v) is 8.23. The lowest BCUT2D eigenvalue weighted by Gasteiger charge is -2.03. The molecular weight excluding hydrogens is 393 g/mol. The number of esters is 1. The Morgan fingerprint density at radius 2 is 1.93 bits per heavy atom. The van der Waals surface area contributed by atoms with Gasteiger partial charge in [-0.25, -0.2) is 9.18 Å². The number of rotatable bonds is 6. The van der Waals surface area contributed by atoms with E-state index in [4.69, 9.17) is 20.8 Å². The van der Waals surface area contributed by atoms with Crippen LogP contribution in [0.15, 0.2) is 59.0 Å². The van der Waals surface area contributed by atoms with Crippen molar-refractivity contribution in [3.8, 4) is 11.3 Å². The van der Waals surface area contributed by atoms with Gasteiger partial charge in [0.1, 0.15) is 11.6 Å². The molecule has 0 saturated heterocycles. The van der Waals surface area contributed by atoms with Crippen LogP contribution >= 0.6 is 11.6 Å². The van der Waals surface area contributed by atoms with E-state index in [9.17, 15) is 24.1 Å². The Morgan fingerprint density at radius 1 is 1.14 bits per heavy atom. The van der Waals surface area contributed by atoms with Gasteiger partial charge in [-0.15, -0.1) is 0 Å². The van der Waals surface area contributed by atoms with Gasteiger partial charge in [0.15, 0.2) is 12.4 Å². The predicted molar refractivity (Wildman–Crippen MR) is 96.8 cm³/mol. The van der Waals surface area contributed by atoms with Gasteiger partial charge in [-0.3, -0.25) is 14.9 Å². The van der Waals surface area contributed by atoms with Crippen molar-refractivity contribution in [3.63, 3.8) is 0 Å². The monoisotopic (exact) mass is 403 g/mol. The summed E-state index contributed by atoms with van der Waals surface area (Å²) < 4.78 is 23.4. The summed E-state index contributed by atoms with van der Waals surface area (Å²) in [6.45, 7) is -0.587. The number of carbonyl (C=O) groups excluding carboxylic acids is 2. The maximum absolute atomic E-state index is 13.1. The normalized spacial score (nSPS) is 10.5. The zero-order chi connectivity index (χ0) is 20.3. The number of ether oxygens (including phenoxy) is 1. The molecule has 0 atom stereocenters. The van der Waals surface area contributed by atoms with E-state index in [1.165, 1.54) is 42.5 Å². The fourth-order valence-electron chi connectivity index (χ4n) is 2.36. The smallest absolute Gasteiger partial charge is 0.374 e. The lowest BCUT2D eigenvalue weighted by molar-refractivity contribution is -0.384. The maximum atomic E-state index is 13.1. The molecule has 7 nitrogen and oxygen atoms in total. The lowest BCUT2D eigenvalue weighted by atomic mass is 10.1. The molecule has 0 aliphatic heterocycles. The topological polar surface area (TPSA) is 99.7 Å². The van der Waals surface area contributed by atoms with Crippen LogP contribution in [0.1, 0.15) is 20.9 Å². The van der Waals surface area contributed by atoms with Gasteiger partial charge >= 0.3 is 5.97 Å². The lowest BCUT2D eigenvalue weighted by Crippen LogP contribution is -2.14. The summed E-state index contributed by atoms with van der Waals surface area (Å²) >= 11 is 6.02. The molecule has 1 heterocycles. The maximum Gasteiger partial charge on any atom is 0.374 e. The minimum Gasteiger partial charge on any atom is -0.451 e. The Hall–Kier alpha value is -3.52. The second-order valence-corrected chi connectivity index (χ2v) is 6.00. The van der Waals surface area contributed by atoms with Crippen molar-refractivity contribution in [2.24, 2.45) is 0 Å². The number of Topliss-reactive ketones (excluding diaryl/α,β-unsaturated/α-hetero) is 1. The van der Waals surface area contributed by atoms with Gasteiger partial charge in [-0.05, 0) is 30.3 Å². The summed E-state index contributed by atoms with van der Waals surface area (Å²) in [7, 11) is 0. The van der Waals surface area contributed by atoms with E-state index in [0.717, 1.165) is 12.1 Å². The minimum atomic E-state index is -0.894. The third-order valence-corrected chi connectivity index (χ3v) is 4.03. The largest absolute Gasteiger partial charge is 0.451 e. The van der Waals surface area contributed by atoms with Crippen LogP contribution in [-0.4, -0.2) is 23.3 Å². The quantitative estimate of drug-likeness (QED) is 0.256. The van der Waals surface area contributed by atoms with Crippen molar-refractivity contribution in [1.29, 1.82) is 0 Å². The van der Waals surface area contributed by atoms with E-state index >= 15 is 0 Å². The number of ketones is 1. The van der Waals surface area contributed by atoms with Crippen molar-refractivity contribution < 1.29 is 28.1 Å². The van der Waals surface area contributed by atoms with Crippen LogP contribution in [0.3, 0.4) is 0 Å². The molecule has 0 bridgehead atoms. The molecule has 3 aromatic rings. The Balaban J connectivity index is 1.69. The number of nitrogens with zero attached hydrogens (tertiary/aromatic N) is 1. The summed E-state index contributed by atoms with van der Waals surface area (Å²) in [6.07, 6.45) is 0. The molecule has 2 aromatic carbocycles. The fraction of sp³-hybridized carbons (Fsp3) is 0.0526. The van der Waals surface area contributed by atoms with E-state index in [0.29, 0.717) is 5.56 Å².